The molecule has 1 saturated carbocycles. The SMILES string of the molecule is COC(=O)CN(C(=O)C1(N)C2CCOC2C1(C)C)C(C)C. The normalized spacial score (nSPS) is 33.3. The number of amides is 1. The summed E-state index contributed by atoms with van der Waals surface area (Å²) in [6, 6.07) is -0.116. The zero-order valence-corrected chi connectivity index (χ0v) is 13.5. The van der Waals surface area contributed by atoms with Crippen LogP contribution in [0.1, 0.15) is 34.1 Å². The van der Waals surface area contributed by atoms with Gasteiger partial charge in [-0.1, -0.05) is 13.8 Å². The van der Waals surface area contributed by atoms with E-state index in [1.165, 1.54) is 12.0 Å². The molecule has 0 aromatic rings. The number of carbonyl (C=O) groups excluding carboxylic acids is 2. The third-order valence-electron chi connectivity index (χ3n) is 5.22. The highest BCUT2D eigenvalue weighted by molar-refractivity contribution is 5.92. The Bertz CT molecular complexity index is 449. The highest BCUT2D eigenvalue weighted by Crippen LogP contribution is 2.58. The zero-order chi connectivity index (χ0) is 16.0. The van der Waals surface area contributed by atoms with Crippen molar-refractivity contribution in [3.05, 3.63) is 0 Å². The molecule has 1 saturated heterocycles. The minimum Gasteiger partial charge on any atom is -0.468 e. The fourth-order valence-electron chi connectivity index (χ4n) is 3.75. The molecular weight excluding hydrogens is 272 g/mol. The van der Waals surface area contributed by atoms with Gasteiger partial charge >= 0.3 is 5.97 Å². The van der Waals surface area contributed by atoms with E-state index in [2.05, 4.69) is 4.74 Å². The predicted molar refractivity (Wildman–Crippen MR) is 77.4 cm³/mol. The van der Waals surface area contributed by atoms with Gasteiger partial charge < -0.3 is 20.1 Å². The Hall–Kier alpha value is -1.14. The molecule has 21 heavy (non-hydrogen) atoms. The lowest BCUT2D eigenvalue weighted by Gasteiger charge is -2.61. The third-order valence-corrected chi connectivity index (χ3v) is 5.22. The summed E-state index contributed by atoms with van der Waals surface area (Å²) in [5.74, 6) is -0.587. The number of methoxy groups -OCH3 is 1. The monoisotopic (exact) mass is 298 g/mol. The zero-order valence-electron chi connectivity index (χ0n) is 13.5. The number of rotatable bonds is 4. The summed E-state index contributed by atoms with van der Waals surface area (Å²) < 4.78 is 10.4. The number of fused-ring (bicyclic) bond motifs is 1. The molecule has 0 aromatic heterocycles. The van der Waals surface area contributed by atoms with Crippen molar-refractivity contribution in [3.63, 3.8) is 0 Å². The molecule has 0 radical (unpaired) electrons. The summed E-state index contributed by atoms with van der Waals surface area (Å²) in [7, 11) is 1.32. The Morgan fingerprint density at radius 1 is 1.43 bits per heavy atom. The summed E-state index contributed by atoms with van der Waals surface area (Å²) in [5, 5.41) is 0. The van der Waals surface area contributed by atoms with Gasteiger partial charge in [-0.3, -0.25) is 9.59 Å². The molecule has 2 rings (SSSR count). The lowest BCUT2D eigenvalue weighted by atomic mass is 9.47. The first-order valence-electron chi connectivity index (χ1n) is 7.46. The molecule has 3 atom stereocenters. The minimum absolute atomic E-state index is 0.0265. The van der Waals surface area contributed by atoms with Gasteiger partial charge in [0.05, 0.1) is 13.2 Å². The average Bonchev–Trinajstić information content (AvgIpc) is 2.90. The van der Waals surface area contributed by atoms with Crippen molar-refractivity contribution in [2.45, 2.75) is 51.8 Å². The number of hydrogen-bond donors (Lipinski definition) is 1. The Balaban J connectivity index is 2.26. The van der Waals surface area contributed by atoms with E-state index in [-0.39, 0.29) is 30.5 Å². The van der Waals surface area contributed by atoms with Crippen molar-refractivity contribution >= 4 is 11.9 Å². The number of ether oxygens (including phenoxy) is 2. The molecule has 0 spiro atoms. The minimum atomic E-state index is -0.980. The fourth-order valence-corrected chi connectivity index (χ4v) is 3.75. The maximum atomic E-state index is 13.0. The molecule has 6 heteroatoms. The standard InChI is InChI=1S/C15H26N2O4/c1-9(2)17(8-11(18)20-5)13(19)15(16)10-6-7-21-12(10)14(15,3)4/h9-10,12H,6-8,16H2,1-5H3. The molecule has 2 N–H and O–H groups in total. The Kier molecular flexibility index (Phi) is 4.06. The second-order valence-electron chi connectivity index (χ2n) is 6.88. The molecule has 3 unspecified atom stereocenters. The van der Waals surface area contributed by atoms with Crippen LogP contribution < -0.4 is 5.73 Å². The van der Waals surface area contributed by atoms with E-state index in [0.717, 1.165) is 6.42 Å². The van der Waals surface area contributed by atoms with Gasteiger partial charge in [0.1, 0.15) is 12.1 Å². The number of carbonyl (C=O) groups is 2. The number of esters is 1. The van der Waals surface area contributed by atoms with Crippen LogP contribution in [0.15, 0.2) is 0 Å². The highest BCUT2D eigenvalue weighted by atomic mass is 16.5. The molecular formula is C15H26N2O4. The van der Waals surface area contributed by atoms with Gasteiger partial charge in [0, 0.05) is 24.0 Å². The van der Waals surface area contributed by atoms with E-state index in [9.17, 15) is 9.59 Å². The van der Waals surface area contributed by atoms with Gasteiger partial charge in [0.15, 0.2) is 0 Å². The Morgan fingerprint density at radius 2 is 2.05 bits per heavy atom. The van der Waals surface area contributed by atoms with Crippen molar-refractivity contribution in [1.82, 2.24) is 4.90 Å². The molecule has 120 valence electrons. The first-order valence-corrected chi connectivity index (χ1v) is 7.46. The first-order chi connectivity index (χ1) is 9.67. The van der Waals surface area contributed by atoms with E-state index in [1.807, 2.05) is 27.7 Å². The second-order valence-corrected chi connectivity index (χ2v) is 6.88. The molecule has 2 aliphatic rings. The van der Waals surface area contributed by atoms with Crippen LogP contribution in [0.2, 0.25) is 0 Å². The Morgan fingerprint density at radius 3 is 2.57 bits per heavy atom. The second kappa shape index (κ2) is 5.25. The molecule has 6 nitrogen and oxygen atoms in total. The molecule has 2 fully saturated rings. The Labute approximate surface area is 125 Å². The van der Waals surface area contributed by atoms with Gasteiger partial charge in [-0.05, 0) is 20.3 Å². The van der Waals surface area contributed by atoms with Gasteiger partial charge in [0.2, 0.25) is 5.91 Å². The third kappa shape index (κ3) is 2.16. The van der Waals surface area contributed by atoms with Crippen molar-refractivity contribution in [1.29, 1.82) is 0 Å². The maximum Gasteiger partial charge on any atom is 0.325 e. The number of hydrogen-bond acceptors (Lipinski definition) is 5. The highest BCUT2D eigenvalue weighted by Gasteiger charge is 2.72. The largest absolute Gasteiger partial charge is 0.468 e. The van der Waals surface area contributed by atoms with Crippen molar-refractivity contribution < 1.29 is 19.1 Å². The molecule has 1 heterocycles. The molecule has 1 aliphatic carbocycles. The lowest BCUT2D eigenvalue weighted by molar-refractivity contribution is -0.187. The molecule has 0 aromatic carbocycles. The maximum absolute atomic E-state index is 13.0. The van der Waals surface area contributed by atoms with Gasteiger partial charge in [-0.2, -0.15) is 0 Å². The summed E-state index contributed by atoms with van der Waals surface area (Å²) in [5.41, 5.74) is 5.13. The van der Waals surface area contributed by atoms with E-state index >= 15 is 0 Å². The number of nitrogens with two attached hydrogens (primary N) is 1. The first kappa shape index (κ1) is 16.2. The summed E-state index contributed by atoms with van der Waals surface area (Å²) in [6.07, 6.45) is 0.819. The van der Waals surface area contributed by atoms with Crippen LogP contribution in [0.3, 0.4) is 0 Å². The van der Waals surface area contributed by atoms with Crippen LogP contribution in [-0.2, 0) is 19.1 Å². The number of nitrogens with zero attached hydrogens (tertiary/aromatic N) is 1. The van der Waals surface area contributed by atoms with Crippen LogP contribution in [0.5, 0.6) is 0 Å². The van der Waals surface area contributed by atoms with Crippen LogP contribution in [0, 0.1) is 11.3 Å². The van der Waals surface area contributed by atoms with Crippen LogP contribution in [-0.4, -0.2) is 54.7 Å². The van der Waals surface area contributed by atoms with E-state index in [1.54, 1.807) is 0 Å². The van der Waals surface area contributed by atoms with Crippen LogP contribution in [0.25, 0.3) is 0 Å². The molecule has 1 amide bonds. The van der Waals surface area contributed by atoms with Gasteiger partial charge in [-0.15, -0.1) is 0 Å². The topological polar surface area (TPSA) is 81.9 Å². The lowest BCUT2D eigenvalue weighted by Crippen LogP contribution is -2.80. The summed E-state index contributed by atoms with van der Waals surface area (Å²) in [4.78, 5) is 26.1. The average molecular weight is 298 g/mol. The van der Waals surface area contributed by atoms with Crippen molar-refractivity contribution in [3.8, 4) is 0 Å². The van der Waals surface area contributed by atoms with Crippen molar-refractivity contribution in [2.75, 3.05) is 20.3 Å². The summed E-state index contributed by atoms with van der Waals surface area (Å²) >= 11 is 0. The van der Waals surface area contributed by atoms with Crippen LogP contribution >= 0.6 is 0 Å². The van der Waals surface area contributed by atoms with E-state index < -0.39 is 16.9 Å². The van der Waals surface area contributed by atoms with Gasteiger partial charge in [-0.25, -0.2) is 0 Å². The van der Waals surface area contributed by atoms with Gasteiger partial charge in [0.25, 0.3) is 0 Å². The fraction of sp³-hybridized carbons (Fsp3) is 0.867. The molecule has 1 aliphatic heterocycles. The summed E-state index contributed by atoms with van der Waals surface area (Å²) in [6.45, 7) is 8.25. The predicted octanol–water partition coefficient (Wildman–Crippen LogP) is 0.539. The molecule has 0 bridgehead atoms. The van der Waals surface area contributed by atoms with Crippen LogP contribution in [0.4, 0.5) is 0 Å². The van der Waals surface area contributed by atoms with E-state index in [0.29, 0.717) is 6.61 Å². The van der Waals surface area contributed by atoms with E-state index in [4.69, 9.17) is 10.5 Å². The smallest absolute Gasteiger partial charge is 0.325 e. The van der Waals surface area contributed by atoms with Crippen molar-refractivity contribution in [2.24, 2.45) is 17.1 Å². The quantitative estimate of drug-likeness (QED) is 0.766.